The zero-order chi connectivity index (χ0) is 12.4. The molecule has 1 aliphatic rings. The molecule has 89 valence electrons. The van der Waals surface area contributed by atoms with E-state index in [1.54, 1.807) is 11.7 Å². The Morgan fingerprint density at radius 2 is 2.11 bits per heavy atom. The van der Waals surface area contributed by atoms with E-state index in [0.29, 0.717) is 12.5 Å². The third-order valence-electron chi connectivity index (χ3n) is 2.58. The average molecular weight is 242 g/mol. The van der Waals surface area contributed by atoms with Crippen molar-refractivity contribution >= 4 is 12.3 Å². The third-order valence-corrected chi connectivity index (χ3v) is 2.58. The molecular formula is C10H10N8+. The molecule has 0 saturated heterocycles. The van der Waals surface area contributed by atoms with E-state index in [2.05, 4.69) is 37.4 Å². The Balaban J connectivity index is 1.93. The highest BCUT2D eigenvalue weighted by Crippen LogP contribution is 2.19. The minimum atomic E-state index is -0.0974. The number of nitrogens with zero attached hydrogens (tertiary/aromatic N) is 8. The van der Waals surface area contributed by atoms with Crippen molar-refractivity contribution in [3.05, 3.63) is 35.9 Å². The number of tetrazole rings is 1. The lowest BCUT2D eigenvalue weighted by atomic mass is 10.2. The normalized spacial score (nSPS) is 21.6. The second kappa shape index (κ2) is 4.08. The molecule has 3 rings (SSSR count). The fourth-order valence-corrected chi connectivity index (χ4v) is 1.68. The zero-order valence-corrected chi connectivity index (χ0v) is 9.67. The summed E-state index contributed by atoms with van der Waals surface area (Å²) in [4.78, 5) is 0. The van der Waals surface area contributed by atoms with Crippen LogP contribution in [0.15, 0.2) is 45.9 Å². The van der Waals surface area contributed by atoms with Gasteiger partial charge in [-0.1, -0.05) is 40.0 Å². The van der Waals surface area contributed by atoms with Gasteiger partial charge in [0.25, 0.3) is 0 Å². The molecule has 2 heterocycles. The lowest BCUT2D eigenvalue weighted by molar-refractivity contribution is 0.463. The van der Waals surface area contributed by atoms with Gasteiger partial charge < -0.3 is 0 Å². The van der Waals surface area contributed by atoms with Crippen molar-refractivity contribution < 1.29 is 0 Å². The molecule has 0 saturated carbocycles. The summed E-state index contributed by atoms with van der Waals surface area (Å²) in [5.74, 6) is 0.517. The molecule has 1 aromatic carbocycles. The van der Waals surface area contributed by atoms with Gasteiger partial charge in [0.1, 0.15) is 7.05 Å². The van der Waals surface area contributed by atoms with E-state index in [-0.39, 0.29) is 4.59 Å². The van der Waals surface area contributed by atoms with E-state index >= 15 is 0 Å². The van der Waals surface area contributed by atoms with Gasteiger partial charge in [-0.2, -0.15) is 4.68 Å². The summed E-state index contributed by atoms with van der Waals surface area (Å²) in [6, 6.07) is 9.92. The molecule has 0 fully saturated rings. The van der Waals surface area contributed by atoms with E-state index in [1.807, 2.05) is 30.3 Å². The Bertz CT molecular complexity index is 587. The van der Waals surface area contributed by atoms with Crippen LogP contribution < -0.4 is 4.59 Å². The highest BCUT2D eigenvalue weighted by Gasteiger charge is 2.36. The number of hydrogen-bond acceptors (Lipinski definition) is 6. The highest BCUT2D eigenvalue weighted by molar-refractivity contribution is 5.69. The van der Waals surface area contributed by atoms with Crippen LogP contribution in [0.2, 0.25) is 0 Å². The molecule has 0 spiro atoms. The predicted octanol–water partition coefficient (Wildman–Crippen LogP) is 0.860. The minimum absolute atomic E-state index is 0.0974. The molecule has 0 aliphatic carbocycles. The van der Waals surface area contributed by atoms with E-state index < -0.39 is 0 Å². The van der Waals surface area contributed by atoms with Crippen molar-refractivity contribution in [1.29, 1.82) is 0 Å². The number of rotatable bonds is 3. The van der Waals surface area contributed by atoms with Crippen molar-refractivity contribution in [2.45, 2.75) is 6.54 Å². The van der Waals surface area contributed by atoms with E-state index in [4.69, 9.17) is 0 Å². The lowest BCUT2D eigenvalue weighted by Crippen LogP contribution is -2.38. The van der Waals surface area contributed by atoms with E-state index in [1.165, 1.54) is 0 Å². The van der Waals surface area contributed by atoms with Crippen LogP contribution in [0.1, 0.15) is 5.56 Å². The molecule has 1 aliphatic heterocycles. The fraction of sp³-hybridized carbons (Fsp3) is 0.200. The SMILES string of the molecule is C[N+]1(c2nnnn2Cc2ccccc2)[C]=NN=N1. The molecule has 0 amide bonds. The molecule has 1 aromatic heterocycles. The van der Waals surface area contributed by atoms with Crippen molar-refractivity contribution in [3.8, 4) is 0 Å². The van der Waals surface area contributed by atoms with Gasteiger partial charge in [-0.25, -0.2) is 0 Å². The summed E-state index contributed by atoms with van der Waals surface area (Å²) in [6.45, 7) is 0.564. The molecule has 1 unspecified atom stereocenters. The average Bonchev–Trinajstić information content (AvgIpc) is 3.00. The Labute approximate surface area is 103 Å². The van der Waals surface area contributed by atoms with Crippen LogP contribution in [-0.2, 0) is 6.54 Å². The molecule has 2 aromatic rings. The van der Waals surface area contributed by atoms with Crippen LogP contribution in [0.4, 0.5) is 5.95 Å². The summed E-state index contributed by atoms with van der Waals surface area (Å²) in [5.41, 5.74) is 1.10. The van der Waals surface area contributed by atoms with Crippen LogP contribution in [0.25, 0.3) is 0 Å². The minimum Gasteiger partial charge on any atom is -0.172 e. The standard InChI is InChI=1S/C10H10N8/c1-18(8-11-13-16-18)10-12-14-15-17(10)7-9-5-3-2-4-6-9/h2-6H,7H2,1H3/q+1. The number of quaternary nitrogens is 1. The Kier molecular flexibility index (Phi) is 2.41. The van der Waals surface area contributed by atoms with Gasteiger partial charge in [0.15, 0.2) is 0 Å². The fourth-order valence-electron chi connectivity index (χ4n) is 1.68. The Hall–Kier alpha value is -2.48. The topological polar surface area (TPSA) is 80.7 Å². The number of aromatic nitrogens is 4. The summed E-state index contributed by atoms with van der Waals surface area (Å²) >= 11 is 0. The molecule has 1 atom stereocenters. The largest absolute Gasteiger partial charge is 0.383 e. The van der Waals surface area contributed by atoms with Gasteiger partial charge in [-0.05, 0) is 21.1 Å². The van der Waals surface area contributed by atoms with Gasteiger partial charge >= 0.3 is 12.3 Å². The smallest absolute Gasteiger partial charge is 0.172 e. The van der Waals surface area contributed by atoms with Crippen LogP contribution in [0, 0.1) is 0 Å². The first-order valence-electron chi connectivity index (χ1n) is 5.35. The Morgan fingerprint density at radius 1 is 1.28 bits per heavy atom. The van der Waals surface area contributed by atoms with Crippen molar-refractivity contribution in [3.63, 3.8) is 0 Å². The van der Waals surface area contributed by atoms with Gasteiger partial charge in [0.05, 0.1) is 11.8 Å². The third kappa shape index (κ3) is 1.78. The quantitative estimate of drug-likeness (QED) is 0.748. The van der Waals surface area contributed by atoms with Crippen LogP contribution in [-0.4, -0.2) is 33.6 Å². The molecule has 8 heteroatoms. The van der Waals surface area contributed by atoms with Crippen molar-refractivity contribution in [2.24, 2.45) is 15.5 Å². The van der Waals surface area contributed by atoms with Crippen LogP contribution >= 0.6 is 0 Å². The molecule has 0 bridgehead atoms. The van der Waals surface area contributed by atoms with Gasteiger partial charge in [-0.15, -0.1) is 0 Å². The molecule has 1 radical (unpaired) electrons. The maximum Gasteiger partial charge on any atom is 0.383 e. The van der Waals surface area contributed by atoms with Crippen LogP contribution in [0.3, 0.4) is 0 Å². The zero-order valence-electron chi connectivity index (χ0n) is 9.67. The summed E-state index contributed by atoms with van der Waals surface area (Å²) < 4.78 is 1.56. The summed E-state index contributed by atoms with van der Waals surface area (Å²) in [5, 5.41) is 22.7. The lowest BCUT2D eigenvalue weighted by Gasteiger charge is -2.12. The van der Waals surface area contributed by atoms with Crippen molar-refractivity contribution in [2.75, 3.05) is 7.05 Å². The van der Waals surface area contributed by atoms with Gasteiger partial charge in [-0.3, -0.25) is 0 Å². The Morgan fingerprint density at radius 3 is 2.83 bits per heavy atom. The maximum atomic E-state index is 3.96. The molecular weight excluding hydrogens is 232 g/mol. The van der Waals surface area contributed by atoms with Crippen LogP contribution in [0.5, 0.6) is 0 Å². The number of benzene rings is 1. The van der Waals surface area contributed by atoms with E-state index in [0.717, 1.165) is 5.56 Å². The highest BCUT2D eigenvalue weighted by atomic mass is 15.8. The summed E-state index contributed by atoms with van der Waals surface area (Å²) in [7, 11) is 1.76. The second-order valence-corrected chi connectivity index (χ2v) is 3.96. The van der Waals surface area contributed by atoms with E-state index in [9.17, 15) is 0 Å². The predicted molar refractivity (Wildman–Crippen MR) is 63.4 cm³/mol. The first-order chi connectivity index (χ1) is 8.78. The monoisotopic (exact) mass is 242 g/mol. The maximum absolute atomic E-state index is 3.96. The first-order valence-corrected chi connectivity index (χ1v) is 5.35. The number of hydrogen-bond donors (Lipinski definition) is 0. The second-order valence-electron chi connectivity index (χ2n) is 3.96. The van der Waals surface area contributed by atoms with Gasteiger partial charge in [0, 0.05) is 5.22 Å². The first kappa shape index (κ1) is 10.7. The molecule has 8 nitrogen and oxygen atoms in total. The van der Waals surface area contributed by atoms with Crippen molar-refractivity contribution in [1.82, 2.24) is 24.8 Å². The molecule has 18 heavy (non-hydrogen) atoms. The van der Waals surface area contributed by atoms with Gasteiger partial charge in [0.2, 0.25) is 0 Å². The molecule has 0 N–H and O–H groups in total. The summed E-state index contributed by atoms with van der Waals surface area (Å²) in [6.07, 6.45) is 2.73.